The smallest absolute Gasteiger partial charge is 0.129 e. The molecule has 0 fully saturated rings. The number of ketones is 1. The van der Waals surface area contributed by atoms with Crippen LogP contribution in [0.1, 0.15) is 40.5 Å². The SMILES string of the molecule is C=C(C)/C=C(/Cl)C(=C)C.CCCC(C)=O. The summed E-state index contributed by atoms with van der Waals surface area (Å²) in [5.41, 5.74) is 1.82. The molecule has 86 valence electrons. The Labute approximate surface area is 98.5 Å². The van der Waals surface area contributed by atoms with Crippen LogP contribution in [0.15, 0.2) is 35.4 Å². The molecule has 0 aliphatic carbocycles. The van der Waals surface area contributed by atoms with E-state index in [0.717, 1.165) is 24.0 Å². The maximum absolute atomic E-state index is 10.0. The van der Waals surface area contributed by atoms with Crippen molar-refractivity contribution in [1.82, 2.24) is 0 Å². The van der Waals surface area contributed by atoms with Crippen LogP contribution in [-0.4, -0.2) is 5.78 Å². The van der Waals surface area contributed by atoms with Crippen LogP contribution in [0.4, 0.5) is 0 Å². The van der Waals surface area contributed by atoms with E-state index >= 15 is 0 Å². The number of Topliss-reactive ketones (excluding diaryl/α,β-unsaturated/α-hetero) is 1. The van der Waals surface area contributed by atoms with Crippen molar-refractivity contribution in [2.75, 3.05) is 0 Å². The molecule has 0 heterocycles. The van der Waals surface area contributed by atoms with Crippen molar-refractivity contribution in [3.05, 3.63) is 35.4 Å². The van der Waals surface area contributed by atoms with Crippen LogP contribution in [0.25, 0.3) is 0 Å². The van der Waals surface area contributed by atoms with E-state index in [0.29, 0.717) is 5.03 Å². The van der Waals surface area contributed by atoms with Gasteiger partial charge in [-0.25, -0.2) is 0 Å². The van der Waals surface area contributed by atoms with Gasteiger partial charge in [0.1, 0.15) is 5.78 Å². The Morgan fingerprint density at radius 1 is 1.27 bits per heavy atom. The molecule has 1 nitrogen and oxygen atoms in total. The summed E-state index contributed by atoms with van der Waals surface area (Å²) in [6.45, 7) is 14.7. The first-order chi connectivity index (χ1) is 6.81. The Hall–Kier alpha value is -0.820. The van der Waals surface area contributed by atoms with Crippen molar-refractivity contribution in [2.24, 2.45) is 0 Å². The number of carbonyl (C=O) groups is 1. The molecule has 0 radical (unpaired) electrons. The van der Waals surface area contributed by atoms with E-state index in [2.05, 4.69) is 13.2 Å². The Morgan fingerprint density at radius 3 is 1.80 bits per heavy atom. The van der Waals surface area contributed by atoms with Gasteiger partial charge in [-0.3, -0.25) is 0 Å². The predicted molar refractivity (Wildman–Crippen MR) is 69.2 cm³/mol. The molecule has 0 N–H and O–H groups in total. The first-order valence-corrected chi connectivity index (χ1v) is 5.37. The van der Waals surface area contributed by atoms with Gasteiger partial charge in [-0.1, -0.05) is 37.3 Å². The normalized spacial score (nSPS) is 10.1. The average molecular weight is 229 g/mol. The summed E-state index contributed by atoms with van der Waals surface area (Å²) in [6.07, 6.45) is 3.51. The monoisotopic (exact) mass is 228 g/mol. The van der Waals surface area contributed by atoms with Crippen molar-refractivity contribution in [2.45, 2.75) is 40.5 Å². The van der Waals surface area contributed by atoms with Crippen molar-refractivity contribution >= 4 is 17.4 Å². The molecule has 0 aliphatic heterocycles. The Kier molecular flexibility index (Phi) is 10.8. The molecule has 0 saturated heterocycles. The van der Waals surface area contributed by atoms with E-state index in [-0.39, 0.29) is 5.78 Å². The number of carbonyl (C=O) groups excluding carboxylic acids is 1. The van der Waals surface area contributed by atoms with Crippen LogP contribution < -0.4 is 0 Å². The third-order valence-corrected chi connectivity index (χ3v) is 1.81. The minimum absolute atomic E-state index is 0.289. The fourth-order valence-electron chi connectivity index (χ4n) is 0.692. The summed E-state index contributed by atoms with van der Waals surface area (Å²) < 4.78 is 0. The summed E-state index contributed by atoms with van der Waals surface area (Å²) in [4.78, 5) is 10.0. The third-order valence-electron chi connectivity index (χ3n) is 1.38. The first kappa shape index (κ1) is 16.6. The quantitative estimate of drug-likeness (QED) is 0.641. The van der Waals surface area contributed by atoms with Gasteiger partial charge < -0.3 is 4.79 Å². The van der Waals surface area contributed by atoms with Crippen molar-refractivity contribution in [1.29, 1.82) is 0 Å². The summed E-state index contributed by atoms with van der Waals surface area (Å²) in [5, 5.41) is 0.683. The van der Waals surface area contributed by atoms with Crippen molar-refractivity contribution in [3.63, 3.8) is 0 Å². The van der Waals surface area contributed by atoms with Crippen molar-refractivity contribution < 1.29 is 4.79 Å². The molecule has 0 saturated carbocycles. The number of allylic oxidation sites excluding steroid dienone is 4. The van der Waals surface area contributed by atoms with Gasteiger partial charge >= 0.3 is 0 Å². The molecule has 0 aliphatic rings. The second-order valence-electron chi connectivity index (χ2n) is 3.57. The summed E-state index contributed by atoms with van der Waals surface area (Å²) in [7, 11) is 0. The van der Waals surface area contributed by atoms with E-state index in [4.69, 9.17) is 11.6 Å². The largest absolute Gasteiger partial charge is 0.300 e. The fraction of sp³-hybridized carbons (Fsp3) is 0.462. The maximum atomic E-state index is 10.0. The highest BCUT2D eigenvalue weighted by Crippen LogP contribution is 2.13. The number of hydrogen-bond donors (Lipinski definition) is 0. The molecule has 15 heavy (non-hydrogen) atoms. The molecule has 0 bridgehead atoms. The predicted octanol–water partition coefficient (Wildman–Crippen LogP) is 4.64. The zero-order chi connectivity index (χ0) is 12.4. The average Bonchev–Trinajstić information content (AvgIpc) is 2.03. The lowest BCUT2D eigenvalue weighted by molar-refractivity contribution is -0.117. The van der Waals surface area contributed by atoms with E-state index < -0.39 is 0 Å². The summed E-state index contributed by atoms with van der Waals surface area (Å²) in [5.74, 6) is 0.289. The lowest BCUT2D eigenvalue weighted by Gasteiger charge is -1.93. The van der Waals surface area contributed by atoms with Gasteiger partial charge in [-0.05, 0) is 38.8 Å². The van der Waals surface area contributed by atoms with Crippen LogP contribution in [0.2, 0.25) is 0 Å². The molecule has 0 aromatic rings. The Bertz CT molecular complexity index is 262. The highest BCUT2D eigenvalue weighted by atomic mass is 35.5. The van der Waals surface area contributed by atoms with Crippen molar-refractivity contribution in [3.8, 4) is 0 Å². The van der Waals surface area contributed by atoms with Gasteiger partial charge in [0, 0.05) is 11.5 Å². The number of halogens is 1. The van der Waals surface area contributed by atoms with E-state index in [1.807, 2.05) is 20.8 Å². The second kappa shape index (κ2) is 9.72. The molecule has 0 atom stereocenters. The summed E-state index contributed by atoms with van der Waals surface area (Å²) in [6, 6.07) is 0. The number of rotatable bonds is 4. The van der Waals surface area contributed by atoms with E-state index in [9.17, 15) is 4.79 Å². The Balaban J connectivity index is 0. The maximum Gasteiger partial charge on any atom is 0.129 e. The molecule has 0 aromatic carbocycles. The highest BCUT2D eigenvalue weighted by Gasteiger charge is 1.89. The second-order valence-corrected chi connectivity index (χ2v) is 3.98. The Morgan fingerprint density at radius 2 is 1.73 bits per heavy atom. The summed E-state index contributed by atoms with van der Waals surface area (Å²) >= 11 is 5.71. The van der Waals surface area contributed by atoms with Crippen LogP contribution in [0, 0.1) is 0 Å². The molecule has 0 amide bonds. The molecule has 0 unspecified atom stereocenters. The molecule has 0 spiro atoms. The van der Waals surface area contributed by atoms with E-state index in [1.165, 1.54) is 0 Å². The van der Waals surface area contributed by atoms with Gasteiger partial charge in [0.05, 0.1) is 0 Å². The lowest BCUT2D eigenvalue weighted by Crippen LogP contribution is -1.84. The van der Waals surface area contributed by atoms with Crippen LogP contribution in [0.3, 0.4) is 0 Å². The van der Waals surface area contributed by atoms with Crippen LogP contribution in [-0.2, 0) is 4.79 Å². The zero-order valence-corrected chi connectivity index (χ0v) is 10.9. The van der Waals surface area contributed by atoms with Gasteiger partial charge in [0.2, 0.25) is 0 Å². The fourth-order valence-corrected chi connectivity index (χ4v) is 0.878. The standard InChI is InChI=1S/C8H11Cl.C5H10O/c1-6(2)5-8(9)7(3)4;1-3-4-5(2)6/h5H,1,3H2,2,4H3;3-4H2,1-2H3/b8-5+;. The van der Waals surface area contributed by atoms with Crippen LogP contribution >= 0.6 is 11.6 Å². The lowest BCUT2D eigenvalue weighted by atomic mass is 10.2. The minimum atomic E-state index is 0.289. The molecule has 2 heteroatoms. The van der Waals surface area contributed by atoms with Crippen LogP contribution in [0.5, 0.6) is 0 Å². The minimum Gasteiger partial charge on any atom is -0.300 e. The molecule has 0 rings (SSSR count). The highest BCUT2D eigenvalue weighted by molar-refractivity contribution is 6.32. The molecular weight excluding hydrogens is 208 g/mol. The van der Waals surface area contributed by atoms with E-state index in [1.54, 1.807) is 13.0 Å². The van der Waals surface area contributed by atoms with Gasteiger partial charge in [-0.2, -0.15) is 0 Å². The van der Waals surface area contributed by atoms with Gasteiger partial charge in [0.15, 0.2) is 0 Å². The third kappa shape index (κ3) is 15.9. The van der Waals surface area contributed by atoms with Gasteiger partial charge in [-0.15, -0.1) is 0 Å². The topological polar surface area (TPSA) is 17.1 Å². The van der Waals surface area contributed by atoms with Gasteiger partial charge in [0.25, 0.3) is 0 Å². The number of hydrogen-bond acceptors (Lipinski definition) is 1. The first-order valence-electron chi connectivity index (χ1n) is 4.99. The zero-order valence-electron chi connectivity index (χ0n) is 10.2. The molecular formula is C13H21ClO. The molecule has 0 aromatic heterocycles.